The van der Waals surface area contributed by atoms with Gasteiger partial charge >= 0.3 is 0 Å². The average molecular weight is 377 g/mol. The van der Waals surface area contributed by atoms with Crippen molar-refractivity contribution in [3.8, 4) is 17.1 Å². The molecule has 6 nitrogen and oxygen atoms in total. The number of benzene rings is 2. The van der Waals surface area contributed by atoms with Gasteiger partial charge in [-0.05, 0) is 54.8 Å². The maximum atomic E-state index is 12.8. The minimum absolute atomic E-state index is 0.0655. The second-order valence-electron chi connectivity index (χ2n) is 6.84. The molecule has 0 atom stereocenters. The van der Waals surface area contributed by atoms with E-state index in [9.17, 15) is 4.79 Å². The number of hydrogen-bond donors (Lipinski definition) is 1. The van der Waals surface area contributed by atoms with E-state index in [-0.39, 0.29) is 5.91 Å². The topological polar surface area (TPSA) is 81.6 Å². The molecule has 2 heterocycles. The Kier molecular flexibility index (Phi) is 5.02. The smallest absolute Gasteiger partial charge is 0.227 e. The fourth-order valence-electron chi connectivity index (χ4n) is 3.57. The molecule has 2 N–H and O–H groups in total. The maximum Gasteiger partial charge on any atom is 0.227 e. The van der Waals surface area contributed by atoms with Crippen molar-refractivity contribution in [1.29, 1.82) is 0 Å². The van der Waals surface area contributed by atoms with Gasteiger partial charge in [0.15, 0.2) is 11.7 Å². The molecule has 0 saturated carbocycles. The van der Waals surface area contributed by atoms with E-state index in [4.69, 9.17) is 14.9 Å². The quantitative estimate of drug-likeness (QED) is 0.683. The predicted molar refractivity (Wildman–Crippen MR) is 108 cm³/mol. The van der Waals surface area contributed by atoms with Crippen molar-refractivity contribution >= 4 is 17.3 Å². The van der Waals surface area contributed by atoms with Gasteiger partial charge in [-0.25, -0.2) is 4.98 Å². The van der Waals surface area contributed by atoms with Gasteiger partial charge < -0.3 is 19.8 Å². The first-order valence-electron chi connectivity index (χ1n) is 9.42. The van der Waals surface area contributed by atoms with Crippen molar-refractivity contribution in [2.75, 3.05) is 24.3 Å². The summed E-state index contributed by atoms with van der Waals surface area (Å²) in [4.78, 5) is 19.0. The molecule has 1 amide bonds. The molecule has 1 aliphatic heterocycles. The van der Waals surface area contributed by atoms with Gasteiger partial charge in [-0.3, -0.25) is 4.79 Å². The number of ether oxygens (including phenoxy) is 1. The molecule has 0 radical (unpaired) electrons. The summed E-state index contributed by atoms with van der Waals surface area (Å²) < 4.78 is 11.0. The third kappa shape index (κ3) is 3.58. The molecule has 0 bridgehead atoms. The van der Waals surface area contributed by atoms with Crippen LogP contribution < -0.4 is 15.4 Å². The minimum atomic E-state index is 0.0655. The second kappa shape index (κ2) is 7.76. The Morgan fingerprint density at radius 1 is 1.25 bits per heavy atom. The van der Waals surface area contributed by atoms with E-state index in [1.54, 1.807) is 13.3 Å². The van der Waals surface area contributed by atoms with Gasteiger partial charge in [0, 0.05) is 36.3 Å². The van der Waals surface area contributed by atoms with E-state index >= 15 is 0 Å². The Labute approximate surface area is 163 Å². The van der Waals surface area contributed by atoms with Crippen LogP contribution in [0.4, 0.5) is 11.4 Å². The van der Waals surface area contributed by atoms with Gasteiger partial charge in [-0.1, -0.05) is 6.07 Å². The average Bonchev–Trinajstić information content (AvgIpc) is 3.21. The monoisotopic (exact) mass is 377 g/mol. The number of fused-ring (bicyclic) bond motifs is 1. The van der Waals surface area contributed by atoms with E-state index in [1.165, 1.54) is 0 Å². The zero-order chi connectivity index (χ0) is 19.5. The first kappa shape index (κ1) is 18.1. The zero-order valence-electron chi connectivity index (χ0n) is 15.9. The molecule has 0 unspecified atom stereocenters. The highest BCUT2D eigenvalue weighted by Gasteiger charge is 2.23. The van der Waals surface area contributed by atoms with Crippen LogP contribution in [0.5, 0.6) is 5.75 Å². The van der Waals surface area contributed by atoms with Crippen molar-refractivity contribution in [2.45, 2.75) is 25.7 Å². The fourth-order valence-corrected chi connectivity index (χ4v) is 3.57. The molecule has 0 aliphatic carbocycles. The van der Waals surface area contributed by atoms with Crippen molar-refractivity contribution in [3.63, 3.8) is 0 Å². The summed E-state index contributed by atoms with van der Waals surface area (Å²) >= 11 is 0. The van der Waals surface area contributed by atoms with Crippen molar-refractivity contribution in [2.24, 2.45) is 0 Å². The lowest BCUT2D eigenvalue weighted by Gasteiger charge is -2.30. The van der Waals surface area contributed by atoms with Crippen LogP contribution in [0.1, 0.15) is 24.3 Å². The lowest BCUT2D eigenvalue weighted by molar-refractivity contribution is -0.118. The third-order valence-corrected chi connectivity index (χ3v) is 5.07. The van der Waals surface area contributed by atoms with E-state index in [2.05, 4.69) is 4.98 Å². The van der Waals surface area contributed by atoms with Crippen molar-refractivity contribution < 1.29 is 13.9 Å². The molecule has 3 aromatic rings. The van der Waals surface area contributed by atoms with Gasteiger partial charge in [-0.2, -0.15) is 0 Å². The second-order valence-corrected chi connectivity index (χ2v) is 6.84. The highest BCUT2D eigenvalue weighted by Crippen LogP contribution is 2.32. The number of nitrogens with zero attached hydrogens (tertiary/aromatic N) is 2. The number of carbonyl (C=O) groups excluding carboxylic acids is 1. The number of amides is 1. The zero-order valence-corrected chi connectivity index (χ0v) is 15.9. The predicted octanol–water partition coefficient (Wildman–Crippen LogP) is 3.84. The Balaban J connectivity index is 1.42. The van der Waals surface area contributed by atoms with Crippen molar-refractivity contribution in [1.82, 2.24) is 4.98 Å². The molecular weight excluding hydrogens is 354 g/mol. The summed E-state index contributed by atoms with van der Waals surface area (Å²) in [6.07, 6.45) is 4.34. The molecule has 0 saturated heterocycles. The molecule has 144 valence electrons. The molecule has 1 aromatic heterocycles. The van der Waals surface area contributed by atoms with E-state index < -0.39 is 0 Å². The van der Waals surface area contributed by atoms with Gasteiger partial charge in [0.05, 0.1) is 13.3 Å². The lowest BCUT2D eigenvalue weighted by atomic mass is 9.99. The van der Waals surface area contributed by atoms with Gasteiger partial charge in [0.1, 0.15) is 5.75 Å². The number of rotatable bonds is 5. The van der Waals surface area contributed by atoms with Gasteiger partial charge in [0.25, 0.3) is 0 Å². The van der Waals surface area contributed by atoms with E-state index in [0.717, 1.165) is 47.6 Å². The standard InChI is InChI=1S/C22H23N3O3/c1-27-16-9-7-15(8-10-16)20-14-24-21(28-20)11-12-22(26)25-13-3-4-17-18(23)5-2-6-19(17)25/h2,5-10,14H,3-4,11-13,23H2,1H3. The van der Waals surface area contributed by atoms with Gasteiger partial charge in [0.2, 0.25) is 5.91 Å². The molecule has 6 heteroatoms. The number of anilines is 2. The number of methoxy groups -OCH3 is 1. The fraction of sp³-hybridized carbons (Fsp3) is 0.273. The van der Waals surface area contributed by atoms with E-state index in [1.807, 2.05) is 47.4 Å². The Bertz CT molecular complexity index is 979. The highest BCUT2D eigenvalue weighted by molar-refractivity contribution is 5.95. The van der Waals surface area contributed by atoms with Crippen LogP contribution in [0.2, 0.25) is 0 Å². The first-order chi connectivity index (χ1) is 13.7. The van der Waals surface area contributed by atoms with Crippen LogP contribution >= 0.6 is 0 Å². The Hall–Kier alpha value is -3.28. The van der Waals surface area contributed by atoms with Crippen molar-refractivity contribution in [3.05, 3.63) is 60.1 Å². The number of aromatic nitrogens is 1. The molecule has 28 heavy (non-hydrogen) atoms. The van der Waals surface area contributed by atoms with Crippen LogP contribution in [0.3, 0.4) is 0 Å². The van der Waals surface area contributed by atoms with E-state index in [0.29, 0.717) is 24.5 Å². The van der Waals surface area contributed by atoms with Crippen LogP contribution in [0, 0.1) is 0 Å². The van der Waals surface area contributed by atoms with Crippen LogP contribution in [-0.2, 0) is 17.6 Å². The molecule has 0 spiro atoms. The molecule has 1 aliphatic rings. The number of nitrogen functional groups attached to an aromatic ring is 1. The number of aryl methyl sites for hydroxylation is 1. The molecule has 0 fully saturated rings. The molecular formula is C22H23N3O3. The van der Waals surface area contributed by atoms with Crippen LogP contribution in [0.25, 0.3) is 11.3 Å². The summed E-state index contributed by atoms with van der Waals surface area (Å²) in [5.41, 5.74) is 9.76. The minimum Gasteiger partial charge on any atom is -0.497 e. The normalized spacial score (nSPS) is 13.2. The lowest BCUT2D eigenvalue weighted by Crippen LogP contribution is -2.35. The summed E-state index contributed by atoms with van der Waals surface area (Å²) in [5.74, 6) is 2.09. The maximum absolute atomic E-state index is 12.8. The van der Waals surface area contributed by atoms with Gasteiger partial charge in [-0.15, -0.1) is 0 Å². The molecule has 4 rings (SSSR count). The molecule has 2 aromatic carbocycles. The Morgan fingerprint density at radius 3 is 2.86 bits per heavy atom. The number of hydrogen-bond acceptors (Lipinski definition) is 5. The van der Waals surface area contributed by atoms with Crippen LogP contribution in [0.15, 0.2) is 53.1 Å². The summed E-state index contributed by atoms with van der Waals surface area (Å²) in [7, 11) is 1.63. The summed E-state index contributed by atoms with van der Waals surface area (Å²) in [6.45, 7) is 0.720. The summed E-state index contributed by atoms with van der Waals surface area (Å²) in [5, 5.41) is 0. The van der Waals surface area contributed by atoms with Crippen LogP contribution in [-0.4, -0.2) is 24.5 Å². The SMILES string of the molecule is COc1ccc(-c2cnc(CCC(=O)N3CCCc4c(N)cccc43)o2)cc1. The first-order valence-corrected chi connectivity index (χ1v) is 9.42. The number of carbonyl (C=O) groups is 1. The number of nitrogens with two attached hydrogens (primary N) is 1. The number of oxazole rings is 1. The third-order valence-electron chi connectivity index (χ3n) is 5.07. The Morgan fingerprint density at radius 2 is 2.07 bits per heavy atom. The largest absolute Gasteiger partial charge is 0.497 e. The highest BCUT2D eigenvalue weighted by atomic mass is 16.5. The summed E-state index contributed by atoms with van der Waals surface area (Å²) in [6, 6.07) is 13.3.